The Morgan fingerprint density at radius 1 is 0.703 bits per heavy atom. The van der Waals surface area contributed by atoms with Crippen molar-refractivity contribution in [2.75, 3.05) is 35.0 Å². The molecule has 9 rings (SSSR count). The fourth-order valence-corrected chi connectivity index (χ4v) is 10.2. The summed E-state index contributed by atoms with van der Waals surface area (Å²) >= 11 is 0. The number of aromatic amines is 2. The Kier molecular flexibility index (Phi) is 11.7. The molecule has 2 saturated carbocycles. The zero-order chi connectivity index (χ0) is 44.9. The van der Waals surface area contributed by atoms with Crippen LogP contribution < -0.4 is 10.6 Å². The number of hydrogen-bond donors (Lipinski definition) is 4. The smallest absolute Gasteiger partial charge is 0.407 e. The molecule has 2 bridgehead atoms. The summed E-state index contributed by atoms with van der Waals surface area (Å²) in [6, 6.07) is 18.9. The third kappa shape index (κ3) is 8.08. The number of imidazole rings is 2. The number of fused-ring (bicyclic) bond motifs is 3. The Morgan fingerprint density at radius 3 is 1.88 bits per heavy atom. The molecule has 16 heteroatoms. The van der Waals surface area contributed by atoms with Gasteiger partial charge in [0.2, 0.25) is 11.8 Å². The maximum Gasteiger partial charge on any atom is 0.407 e. The lowest BCUT2D eigenvalue weighted by Crippen LogP contribution is -2.56. The Balaban J connectivity index is 0.894. The second-order valence-electron chi connectivity index (χ2n) is 17.9. The van der Waals surface area contributed by atoms with Gasteiger partial charge in [0, 0.05) is 32.4 Å². The first-order chi connectivity index (χ1) is 30.9. The summed E-state index contributed by atoms with van der Waals surface area (Å²) in [5, 5.41) is 7.54. The van der Waals surface area contributed by atoms with E-state index in [4.69, 9.17) is 28.9 Å². The molecule has 3 aromatic carbocycles. The van der Waals surface area contributed by atoms with Crippen LogP contribution in [-0.4, -0.2) is 119 Å². The second-order valence-corrected chi connectivity index (χ2v) is 17.9. The molecule has 4 N–H and O–H groups in total. The SMILES string of the molecule is COC(=O)N[C@H](C(=O)N1CC2(CC2)C[C@H]1c1ncc(-c2ccc3cc(-c4ccc(-c5cnc([C@@H]6[C@H]7CC[C@H](C7)N6C(=O)[C@@H](NC(=O)OC)C(C)OC)[nH]5)cc4)ccc3c2)[nH]1)C(C)OC. The lowest BCUT2D eigenvalue weighted by Gasteiger charge is -2.37. The fraction of sp³-hybridized carbons (Fsp3) is 0.458. The van der Waals surface area contributed by atoms with Crippen LogP contribution in [0.3, 0.4) is 0 Å². The normalized spacial score (nSPS) is 22.6. The predicted molar refractivity (Wildman–Crippen MR) is 238 cm³/mol. The van der Waals surface area contributed by atoms with Crippen molar-refractivity contribution in [1.82, 2.24) is 40.4 Å². The first kappa shape index (κ1) is 43.0. The molecule has 336 valence electrons. The van der Waals surface area contributed by atoms with Gasteiger partial charge in [0.1, 0.15) is 23.7 Å². The van der Waals surface area contributed by atoms with Gasteiger partial charge in [0.05, 0.1) is 62.3 Å². The van der Waals surface area contributed by atoms with Crippen LogP contribution in [-0.2, 0) is 28.5 Å². The standard InChI is InChI=1S/C48H56N8O8/c1-26(61-3)39(53-46(59)63-5)44(57)55-25-48(17-18-48)22-38(55)42-49-24-37(51-42)33-14-13-31-19-30(11-12-32(31)20-33)28-7-9-29(10-8-28)36-23-50-43(52-36)41-34-15-16-35(21-34)56(41)45(58)40(27(2)62-4)54-47(60)64-6/h7-14,19-20,23-24,26-27,34-35,38-41H,15-18,21-22,25H2,1-6H3,(H,49,51)(H,50,52)(H,53,59)(H,54,60)/t26?,27?,34-,35+,38-,39-,40-,41-/m0/s1. The summed E-state index contributed by atoms with van der Waals surface area (Å²) in [6.07, 6.45) is 6.91. The van der Waals surface area contributed by atoms with Gasteiger partial charge in [0.25, 0.3) is 0 Å². The van der Waals surface area contributed by atoms with Crippen LogP contribution in [0.2, 0.25) is 0 Å². The van der Waals surface area contributed by atoms with Gasteiger partial charge in [-0.15, -0.1) is 0 Å². The molecule has 64 heavy (non-hydrogen) atoms. The molecule has 2 aromatic heterocycles. The zero-order valence-electron chi connectivity index (χ0n) is 37.1. The lowest BCUT2D eigenvalue weighted by molar-refractivity contribution is -0.141. The Labute approximate surface area is 371 Å². The van der Waals surface area contributed by atoms with Gasteiger partial charge in [0.15, 0.2) is 0 Å². The van der Waals surface area contributed by atoms with Crippen LogP contribution >= 0.6 is 0 Å². The Hall–Kier alpha value is -6.26. The monoisotopic (exact) mass is 872 g/mol. The Bertz CT molecular complexity index is 2550. The number of nitrogens with one attached hydrogen (secondary N) is 4. The molecule has 1 spiro atoms. The minimum Gasteiger partial charge on any atom is -0.453 e. The molecule has 4 amide bonds. The molecular formula is C48H56N8O8. The van der Waals surface area contributed by atoms with Crippen LogP contribution in [0.4, 0.5) is 9.59 Å². The highest BCUT2D eigenvalue weighted by atomic mass is 16.5. The third-order valence-electron chi connectivity index (χ3n) is 14.2. The van der Waals surface area contributed by atoms with E-state index in [0.29, 0.717) is 6.54 Å². The van der Waals surface area contributed by atoms with E-state index in [1.54, 1.807) is 13.8 Å². The number of aromatic nitrogens is 4. The number of rotatable bonds is 13. The average Bonchev–Trinajstić information content (AvgIpc) is 3.96. The van der Waals surface area contributed by atoms with E-state index >= 15 is 0 Å². The molecule has 4 aliphatic rings. The molecular weight excluding hydrogens is 817 g/mol. The predicted octanol–water partition coefficient (Wildman–Crippen LogP) is 6.91. The largest absolute Gasteiger partial charge is 0.453 e. The summed E-state index contributed by atoms with van der Waals surface area (Å²) in [4.78, 5) is 72.8. The molecule has 8 atom stereocenters. The zero-order valence-corrected chi connectivity index (χ0v) is 37.1. The number of piperidine rings is 1. The van der Waals surface area contributed by atoms with E-state index in [9.17, 15) is 19.2 Å². The summed E-state index contributed by atoms with van der Waals surface area (Å²) in [5.41, 5.74) is 5.91. The summed E-state index contributed by atoms with van der Waals surface area (Å²) in [7, 11) is 5.59. The number of methoxy groups -OCH3 is 4. The maximum absolute atomic E-state index is 14.1. The molecule has 4 fully saturated rings. The number of H-pyrrole nitrogens is 2. The molecule has 0 radical (unpaired) electrons. The van der Waals surface area contributed by atoms with E-state index < -0.39 is 36.5 Å². The number of nitrogens with zero attached hydrogens (tertiary/aromatic N) is 4. The van der Waals surface area contributed by atoms with Gasteiger partial charge >= 0.3 is 12.2 Å². The number of amides is 4. The van der Waals surface area contributed by atoms with Crippen molar-refractivity contribution >= 4 is 34.8 Å². The van der Waals surface area contributed by atoms with E-state index in [2.05, 4.69) is 81.3 Å². The Morgan fingerprint density at radius 2 is 1.25 bits per heavy atom. The molecule has 5 aromatic rings. The van der Waals surface area contributed by atoms with Gasteiger partial charge in [-0.05, 0) is 103 Å². The highest BCUT2D eigenvalue weighted by Gasteiger charge is 2.56. The summed E-state index contributed by atoms with van der Waals surface area (Å²) in [6.45, 7) is 4.12. The van der Waals surface area contributed by atoms with Crippen LogP contribution in [0.1, 0.15) is 76.1 Å². The molecule has 2 unspecified atom stereocenters. The highest BCUT2D eigenvalue weighted by Crippen LogP contribution is 2.58. The van der Waals surface area contributed by atoms with Crippen LogP contribution in [0.15, 0.2) is 73.1 Å². The summed E-state index contributed by atoms with van der Waals surface area (Å²) < 4.78 is 20.6. The minimum atomic E-state index is -0.899. The van der Waals surface area contributed by atoms with E-state index in [-0.39, 0.29) is 41.3 Å². The lowest BCUT2D eigenvalue weighted by atomic mass is 9.96. The molecule has 2 saturated heterocycles. The highest BCUT2D eigenvalue weighted by molar-refractivity contribution is 5.91. The number of alkyl carbamates (subject to hydrolysis) is 2. The third-order valence-corrected chi connectivity index (χ3v) is 14.2. The van der Waals surface area contributed by atoms with Crippen molar-refractivity contribution in [3.8, 4) is 33.6 Å². The first-order valence-electron chi connectivity index (χ1n) is 22.0. The topological polar surface area (TPSA) is 193 Å². The van der Waals surface area contributed by atoms with Crippen LogP contribution in [0.25, 0.3) is 44.4 Å². The fourth-order valence-electron chi connectivity index (χ4n) is 10.2. The number of carbonyl (C=O) groups is 4. The van der Waals surface area contributed by atoms with Crippen molar-refractivity contribution in [1.29, 1.82) is 0 Å². The number of ether oxygens (including phenoxy) is 4. The van der Waals surface area contributed by atoms with Gasteiger partial charge < -0.3 is 49.3 Å². The second kappa shape index (κ2) is 17.4. The number of hydrogen-bond acceptors (Lipinski definition) is 10. The van der Waals surface area contributed by atoms with Crippen LogP contribution in [0.5, 0.6) is 0 Å². The summed E-state index contributed by atoms with van der Waals surface area (Å²) in [5.74, 6) is 1.31. The average molecular weight is 873 g/mol. The molecule has 16 nitrogen and oxygen atoms in total. The maximum atomic E-state index is 14.1. The van der Waals surface area contributed by atoms with Gasteiger partial charge in [-0.3, -0.25) is 9.59 Å². The number of benzene rings is 3. The quantitative estimate of drug-likeness (QED) is 0.0966. The molecule has 2 aliphatic heterocycles. The van der Waals surface area contributed by atoms with Crippen molar-refractivity contribution in [3.05, 3.63) is 84.7 Å². The van der Waals surface area contributed by atoms with E-state index in [1.807, 2.05) is 22.2 Å². The van der Waals surface area contributed by atoms with E-state index in [0.717, 1.165) is 94.6 Å². The number of carbonyl (C=O) groups excluding carboxylic acids is 4. The minimum absolute atomic E-state index is 0.0684. The van der Waals surface area contributed by atoms with Crippen molar-refractivity contribution in [2.24, 2.45) is 11.3 Å². The first-order valence-corrected chi connectivity index (χ1v) is 22.0. The van der Waals surface area contributed by atoms with E-state index in [1.165, 1.54) is 28.4 Å². The molecule has 2 aliphatic carbocycles. The van der Waals surface area contributed by atoms with Gasteiger partial charge in [-0.25, -0.2) is 19.6 Å². The van der Waals surface area contributed by atoms with Crippen molar-refractivity contribution < 1.29 is 38.1 Å². The van der Waals surface area contributed by atoms with Crippen molar-refractivity contribution in [2.45, 2.75) is 94.8 Å². The van der Waals surface area contributed by atoms with Crippen molar-refractivity contribution in [3.63, 3.8) is 0 Å². The number of likely N-dealkylation sites (tertiary alicyclic amines) is 2. The molecule has 4 heterocycles. The van der Waals surface area contributed by atoms with Gasteiger partial charge in [-0.2, -0.15) is 0 Å². The van der Waals surface area contributed by atoms with Crippen LogP contribution in [0, 0.1) is 11.3 Å². The van der Waals surface area contributed by atoms with Gasteiger partial charge in [-0.1, -0.05) is 48.5 Å².